The number of ketones is 1. The van der Waals surface area contributed by atoms with Gasteiger partial charge in [-0.05, 0) is 95.1 Å². The maximum absolute atomic E-state index is 14.1. The van der Waals surface area contributed by atoms with E-state index < -0.39 is 31.3 Å². The number of hydrogen-bond donors (Lipinski definition) is 0. The van der Waals surface area contributed by atoms with Crippen molar-refractivity contribution in [3.8, 4) is 0 Å². The molecule has 2 aliphatic carbocycles. The Kier molecular flexibility index (Phi) is 6.58. The molecule has 0 amide bonds. The van der Waals surface area contributed by atoms with Crippen LogP contribution in [0.2, 0.25) is 10.0 Å². The van der Waals surface area contributed by atoms with Gasteiger partial charge in [0.1, 0.15) is 5.78 Å². The fourth-order valence-corrected chi connectivity index (χ4v) is 12.3. The lowest BCUT2D eigenvalue weighted by Crippen LogP contribution is -2.42. The van der Waals surface area contributed by atoms with E-state index in [-0.39, 0.29) is 17.5 Å². The molecular weight excluding hydrogens is 535 g/mol. The molecule has 8 heteroatoms. The van der Waals surface area contributed by atoms with Crippen molar-refractivity contribution in [2.45, 2.75) is 47.8 Å². The zero-order valence-corrected chi connectivity index (χ0v) is 23.3. The predicted molar refractivity (Wildman–Crippen MR) is 145 cm³/mol. The van der Waals surface area contributed by atoms with Crippen molar-refractivity contribution >= 4 is 49.4 Å². The molecule has 2 fully saturated rings. The molecule has 3 aromatic carbocycles. The molecule has 0 saturated heterocycles. The van der Waals surface area contributed by atoms with E-state index in [1.807, 2.05) is 68.4 Å². The Balaban J connectivity index is 1.69. The summed E-state index contributed by atoms with van der Waals surface area (Å²) in [5, 5.41) is 1.07. The average Bonchev–Trinajstić information content (AvgIpc) is 3.18. The van der Waals surface area contributed by atoms with Crippen molar-refractivity contribution in [2.24, 2.45) is 16.7 Å². The summed E-state index contributed by atoms with van der Waals surface area (Å²) in [6.07, 6.45) is 1.87. The highest BCUT2D eigenvalue weighted by Gasteiger charge is 2.65. The Hall–Kier alpha value is -1.83. The summed E-state index contributed by atoms with van der Waals surface area (Å²) in [6.45, 7) is 4.06. The molecule has 3 aromatic rings. The molecule has 2 unspecified atom stereocenters. The second kappa shape index (κ2) is 9.17. The lowest BCUT2D eigenvalue weighted by Gasteiger charge is -2.41. The molecule has 0 spiro atoms. The van der Waals surface area contributed by atoms with Crippen molar-refractivity contribution in [3.63, 3.8) is 0 Å². The molecule has 5 rings (SSSR count). The van der Waals surface area contributed by atoms with Crippen LogP contribution in [-0.2, 0) is 18.5 Å². The molecule has 0 radical (unpaired) electrons. The van der Waals surface area contributed by atoms with Crippen LogP contribution in [0.15, 0.2) is 93.5 Å². The van der Waals surface area contributed by atoms with Crippen LogP contribution >= 0.6 is 33.5 Å². The second-order valence-electron chi connectivity index (χ2n) is 10.2. The van der Waals surface area contributed by atoms with Crippen molar-refractivity contribution in [1.82, 2.24) is 0 Å². The van der Waals surface area contributed by atoms with Gasteiger partial charge in [-0.25, -0.2) is 3.63 Å². The molecule has 0 aliphatic heterocycles. The van der Waals surface area contributed by atoms with E-state index in [0.717, 1.165) is 11.3 Å². The van der Waals surface area contributed by atoms with E-state index in [9.17, 15) is 13.2 Å². The first-order valence-electron chi connectivity index (χ1n) is 11.9. The summed E-state index contributed by atoms with van der Waals surface area (Å²) in [5.74, 6) is -0.0846. The molecule has 2 bridgehead atoms. The second-order valence-corrected chi connectivity index (χ2v) is 15.6. The van der Waals surface area contributed by atoms with Crippen LogP contribution < -0.4 is 0 Å². The van der Waals surface area contributed by atoms with Gasteiger partial charge in [0.05, 0.1) is 11.2 Å². The summed E-state index contributed by atoms with van der Waals surface area (Å²) < 4.78 is 34.6. The summed E-state index contributed by atoms with van der Waals surface area (Å²) in [4.78, 5) is 15.2. The first-order chi connectivity index (χ1) is 17.0. The van der Waals surface area contributed by atoms with Gasteiger partial charge in [0.25, 0.3) is 10.1 Å². The third kappa shape index (κ3) is 4.11. The number of rotatable bonds is 7. The fraction of sp³-hybridized carbons (Fsp3) is 0.321. The quantitative estimate of drug-likeness (QED) is 0.293. The summed E-state index contributed by atoms with van der Waals surface area (Å²) in [6, 6.07) is 23.5. The molecule has 0 N–H and O–H groups in total. The lowest BCUT2D eigenvalue weighted by atomic mass is 9.70. The van der Waals surface area contributed by atoms with E-state index in [4.69, 9.17) is 26.8 Å². The highest BCUT2D eigenvalue weighted by atomic mass is 35.5. The first kappa shape index (κ1) is 25.8. The number of fused-ring (bicyclic) bond motifs is 2. The van der Waals surface area contributed by atoms with Crippen molar-refractivity contribution < 1.29 is 16.8 Å². The fourth-order valence-electron chi connectivity index (χ4n) is 5.98. The van der Waals surface area contributed by atoms with Crippen LogP contribution in [0.25, 0.3) is 0 Å². The van der Waals surface area contributed by atoms with Crippen molar-refractivity contribution in [3.05, 3.63) is 88.9 Å². The van der Waals surface area contributed by atoms with Crippen LogP contribution in [0, 0.1) is 16.7 Å². The molecular formula is C28H28Cl2O4S2. The van der Waals surface area contributed by atoms with Crippen molar-refractivity contribution in [1.29, 1.82) is 0 Å². The van der Waals surface area contributed by atoms with Gasteiger partial charge >= 0.3 is 0 Å². The Morgan fingerprint density at radius 2 is 1.33 bits per heavy atom. The molecule has 0 aromatic heterocycles. The van der Waals surface area contributed by atoms with Gasteiger partial charge in [-0.1, -0.05) is 55.2 Å². The van der Waals surface area contributed by atoms with Gasteiger partial charge in [-0.2, -0.15) is 8.42 Å². The third-order valence-electron chi connectivity index (χ3n) is 8.13. The Labute approximate surface area is 224 Å². The molecule has 36 heavy (non-hydrogen) atoms. The van der Waals surface area contributed by atoms with Crippen LogP contribution in [0.5, 0.6) is 0 Å². The number of carbonyl (C=O) groups is 1. The van der Waals surface area contributed by atoms with Crippen LogP contribution in [0.1, 0.15) is 33.1 Å². The lowest BCUT2D eigenvalue weighted by molar-refractivity contribution is -0.128. The molecule has 2 aliphatic rings. The van der Waals surface area contributed by atoms with E-state index in [1.165, 1.54) is 0 Å². The summed E-state index contributed by atoms with van der Waals surface area (Å²) in [5.41, 5.74) is -1.33. The average molecular weight is 564 g/mol. The normalized spacial score (nSPS) is 23.7. The van der Waals surface area contributed by atoms with Gasteiger partial charge < -0.3 is 0 Å². The Bertz CT molecular complexity index is 1340. The molecule has 190 valence electrons. The Morgan fingerprint density at radius 3 is 1.78 bits per heavy atom. The predicted octanol–water partition coefficient (Wildman–Crippen LogP) is 7.93. The number of halogens is 2. The minimum atomic E-state index is -4.18. The monoisotopic (exact) mass is 562 g/mol. The first-order valence-corrected chi connectivity index (χ1v) is 15.8. The standard InChI is InChI=1S/C28H28Cl2O4S2/c1-27(2)20-16-17-28(27,26(31)18-20)19-35(32,33)34-36(23-6-4-3-5-7-23,24-12-8-21(29)9-13-24)25-14-10-22(30)11-15-25/h3-15,20H,16-19H2,1-2H3. The molecule has 0 heterocycles. The Morgan fingerprint density at radius 1 is 0.833 bits per heavy atom. The molecule has 4 nitrogen and oxygen atoms in total. The van der Waals surface area contributed by atoms with Crippen molar-refractivity contribution in [2.75, 3.05) is 5.75 Å². The number of carbonyl (C=O) groups excluding carboxylic acids is 1. The zero-order chi connectivity index (χ0) is 25.8. The minimum Gasteiger partial charge on any atom is -0.299 e. The largest absolute Gasteiger partial charge is 0.299 e. The van der Waals surface area contributed by atoms with E-state index >= 15 is 0 Å². The highest BCUT2D eigenvalue weighted by Crippen LogP contribution is 2.71. The third-order valence-corrected chi connectivity index (χ3v) is 13.9. The zero-order valence-electron chi connectivity index (χ0n) is 20.1. The highest BCUT2D eigenvalue weighted by molar-refractivity contribution is 8.33. The molecule has 2 atom stereocenters. The van der Waals surface area contributed by atoms with Gasteiger partial charge in [-0.15, -0.1) is 0 Å². The van der Waals surface area contributed by atoms with Crippen LogP contribution in [0.3, 0.4) is 0 Å². The van der Waals surface area contributed by atoms with E-state index in [0.29, 0.717) is 32.7 Å². The van der Waals surface area contributed by atoms with E-state index in [2.05, 4.69) is 0 Å². The molecule has 2 saturated carbocycles. The maximum atomic E-state index is 14.1. The van der Waals surface area contributed by atoms with E-state index in [1.54, 1.807) is 24.3 Å². The number of Topliss-reactive ketones (excluding diaryl/α,β-unsaturated/α-hetero) is 1. The van der Waals surface area contributed by atoms with Gasteiger partial charge in [0.2, 0.25) is 0 Å². The van der Waals surface area contributed by atoms with Gasteiger partial charge in [-0.3, -0.25) is 4.79 Å². The van der Waals surface area contributed by atoms with Gasteiger partial charge in [0, 0.05) is 31.2 Å². The smallest absolute Gasteiger partial charge is 0.278 e. The summed E-state index contributed by atoms with van der Waals surface area (Å²) in [7, 11) is -6.94. The minimum absolute atomic E-state index is 0.0363. The maximum Gasteiger partial charge on any atom is 0.278 e. The SMILES string of the molecule is CC1(C)C2CCC1(CS(=O)(=O)OS(c1ccccc1)(c1ccc(Cl)cc1)c1ccc(Cl)cc1)C(=O)C2. The van der Waals surface area contributed by atoms with Crippen LogP contribution in [0.4, 0.5) is 0 Å². The number of hydrogen-bond acceptors (Lipinski definition) is 4. The van der Waals surface area contributed by atoms with Crippen LogP contribution in [-0.4, -0.2) is 20.0 Å². The topological polar surface area (TPSA) is 60.4 Å². The van der Waals surface area contributed by atoms with Gasteiger partial charge in [0.15, 0.2) is 0 Å². The number of benzene rings is 3. The summed E-state index contributed by atoms with van der Waals surface area (Å²) >= 11 is 12.4.